The van der Waals surface area contributed by atoms with Gasteiger partial charge < -0.3 is 14.2 Å². The van der Waals surface area contributed by atoms with Gasteiger partial charge in [0.05, 0.1) is 13.7 Å². The Morgan fingerprint density at radius 1 is 1.09 bits per heavy atom. The molecule has 1 aromatic carbocycles. The lowest BCUT2D eigenvalue weighted by Gasteiger charge is -2.29. The lowest BCUT2D eigenvalue weighted by molar-refractivity contribution is 0.0587. The van der Waals surface area contributed by atoms with Crippen LogP contribution in [0.25, 0.3) is 0 Å². The number of hydrogen-bond acceptors (Lipinski definition) is 4. The zero-order valence-electron chi connectivity index (χ0n) is 19.9. The number of amides is 1. The molecule has 1 aliphatic rings. The minimum absolute atomic E-state index is 0.0337. The molecule has 0 radical (unpaired) electrons. The monoisotopic (exact) mass is 472 g/mol. The van der Waals surface area contributed by atoms with Crippen LogP contribution in [0.3, 0.4) is 0 Å². The fraction of sp³-hybridized carbons (Fsp3) is 0.500. The highest BCUT2D eigenvalue weighted by atomic mass is 35.5. The van der Waals surface area contributed by atoms with Crippen LogP contribution in [0, 0.1) is 19.8 Å². The summed E-state index contributed by atoms with van der Waals surface area (Å²) in [6, 6.07) is 6.77. The van der Waals surface area contributed by atoms with E-state index in [0.29, 0.717) is 46.4 Å². The molecule has 1 fully saturated rings. The molecule has 0 N–H and O–H groups in total. The zero-order valence-corrected chi connectivity index (χ0v) is 20.7. The van der Waals surface area contributed by atoms with Crippen LogP contribution in [0.5, 0.6) is 0 Å². The van der Waals surface area contributed by atoms with Gasteiger partial charge in [-0.05, 0) is 69.4 Å². The van der Waals surface area contributed by atoms with Gasteiger partial charge in [-0.15, -0.1) is 0 Å². The van der Waals surface area contributed by atoms with Crippen molar-refractivity contribution >= 4 is 29.3 Å². The van der Waals surface area contributed by atoms with Crippen molar-refractivity contribution in [2.24, 2.45) is 5.92 Å². The molecule has 1 amide bonds. The van der Waals surface area contributed by atoms with Gasteiger partial charge in [0, 0.05) is 34.9 Å². The molecule has 1 aliphatic carbocycles. The number of ketones is 1. The van der Waals surface area contributed by atoms with Crippen LogP contribution in [0.4, 0.5) is 0 Å². The quantitative estimate of drug-likeness (QED) is 0.377. The van der Waals surface area contributed by atoms with E-state index in [1.54, 1.807) is 40.7 Å². The minimum atomic E-state index is -0.465. The Labute approximate surface area is 200 Å². The predicted octanol–water partition coefficient (Wildman–Crippen LogP) is 5.47. The number of methoxy groups -OCH3 is 1. The summed E-state index contributed by atoms with van der Waals surface area (Å²) in [4.78, 5) is 41.0. The van der Waals surface area contributed by atoms with Crippen molar-refractivity contribution in [1.29, 1.82) is 0 Å². The summed E-state index contributed by atoms with van der Waals surface area (Å²) in [6.07, 6.45) is 5.66. The Morgan fingerprint density at radius 3 is 2.30 bits per heavy atom. The van der Waals surface area contributed by atoms with Gasteiger partial charge in [0.25, 0.3) is 5.91 Å². The number of ether oxygens (including phenoxy) is 1. The molecule has 0 aliphatic heterocycles. The highest BCUT2D eigenvalue weighted by Crippen LogP contribution is 2.27. The van der Waals surface area contributed by atoms with E-state index in [0.717, 1.165) is 31.4 Å². The van der Waals surface area contributed by atoms with Crippen LogP contribution >= 0.6 is 11.6 Å². The predicted molar refractivity (Wildman–Crippen MR) is 129 cm³/mol. The molecule has 0 spiro atoms. The maximum absolute atomic E-state index is 13.5. The molecule has 6 nitrogen and oxygen atoms in total. The first-order chi connectivity index (χ1) is 15.8. The van der Waals surface area contributed by atoms with E-state index < -0.39 is 5.97 Å². The number of nitrogens with zero attached hydrogens (tertiary/aromatic N) is 2. The van der Waals surface area contributed by atoms with Crippen molar-refractivity contribution in [3.05, 3.63) is 57.4 Å². The molecule has 0 bridgehead atoms. The van der Waals surface area contributed by atoms with Crippen LogP contribution in [0.1, 0.15) is 81.5 Å². The highest BCUT2D eigenvalue weighted by molar-refractivity contribution is 6.30. The standard InChI is InChI=1S/C26H33ClN2O4/c1-5-29-18(3)23(17(2)24(29)26(32)33-4)22(30)16-28(15-19-9-7-6-8-10-19)25(31)20-11-13-21(27)14-12-20/h11-14,19H,5-10,15-16H2,1-4H3. The summed E-state index contributed by atoms with van der Waals surface area (Å²) in [5.74, 6) is -0.423. The first-order valence-corrected chi connectivity index (χ1v) is 12.0. The van der Waals surface area contributed by atoms with E-state index in [4.69, 9.17) is 16.3 Å². The van der Waals surface area contributed by atoms with Gasteiger partial charge in [-0.2, -0.15) is 0 Å². The molecule has 0 atom stereocenters. The third kappa shape index (κ3) is 5.49. The summed E-state index contributed by atoms with van der Waals surface area (Å²) < 4.78 is 6.76. The van der Waals surface area contributed by atoms with Crippen LogP contribution in [0.2, 0.25) is 5.02 Å². The minimum Gasteiger partial charge on any atom is -0.464 e. The fourth-order valence-electron chi connectivity index (χ4n) is 4.99. The number of carbonyl (C=O) groups excluding carboxylic acids is 3. The Kier molecular flexibility index (Phi) is 8.35. The zero-order chi connectivity index (χ0) is 24.1. The van der Waals surface area contributed by atoms with E-state index >= 15 is 0 Å². The van der Waals surface area contributed by atoms with Gasteiger partial charge >= 0.3 is 5.97 Å². The largest absolute Gasteiger partial charge is 0.464 e. The highest BCUT2D eigenvalue weighted by Gasteiger charge is 2.29. The fourth-order valence-corrected chi connectivity index (χ4v) is 5.12. The van der Waals surface area contributed by atoms with E-state index in [9.17, 15) is 14.4 Å². The van der Waals surface area contributed by atoms with E-state index in [1.807, 2.05) is 13.8 Å². The molecule has 3 rings (SSSR count). The normalized spacial score (nSPS) is 14.2. The van der Waals surface area contributed by atoms with Crippen molar-refractivity contribution in [2.75, 3.05) is 20.2 Å². The van der Waals surface area contributed by atoms with Crippen molar-refractivity contribution in [1.82, 2.24) is 9.47 Å². The molecule has 1 heterocycles. The second kappa shape index (κ2) is 11.0. The second-order valence-electron chi connectivity index (χ2n) is 8.79. The van der Waals surface area contributed by atoms with Gasteiger partial charge in [0.2, 0.25) is 0 Å². The second-order valence-corrected chi connectivity index (χ2v) is 9.23. The van der Waals surface area contributed by atoms with Gasteiger partial charge in [0.15, 0.2) is 5.78 Å². The van der Waals surface area contributed by atoms with Gasteiger partial charge in [-0.1, -0.05) is 30.9 Å². The van der Waals surface area contributed by atoms with E-state index in [2.05, 4.69) is 0 Å². The molecule has 7 heteroatoms. The summed E-state index contributed by atoms with van der Waals surface area (Å²) >= 11 is 6.00. The summed E-state index contributed by atoms with van der Waals surface area (Å²) in [5, 5.41) is 0.559. The van der Waals surface area contributed by atoms with Crippen molar-refractivity contribution < 1.29 is 19.1 Å². The number of rotatable bonds is 8. The van der Waals surface area contributed by atoms with E-state index in [1.165, 1.54) is 13.5 Å². The van der Waals surface area contributed by atoms with Crippen molar-refractivity contribution in [3.63, 3.8) is 0 Å². The maximum Gasteiger partial charge on any atom is 0.354 e. The topological polar surface area (TPSA) is 68.6 Å². The molecule has 2 aromatic rings. The smallest absolute Gasteiger partial charge is 0.354 e. The van der Waals surface area contributed by atoms with E-state index in [-0.39, 0.29) is 18.2 Å². The number of esters is 1. The van der Waals surface area contributed by atoms with Gasteiger partial charge in [-0.3, -0.25) is 9.59 Å². The number of hydrogen-bond donors (Lipinski definition) is 0. The molecule has 0 saturated heterocycles. The number of Topliss-reactive ketones (excluding diaryl/α,β-unsaturated/α-hetero) is 1. The number of carbonyl (C=O) groups is 3. The first kappa shape index (κ1) is 25.0. The maximum atomic E-state index is 13.5. The Morgan fingerprint density at radius 2 is 1.73 bits per heavy atom. The number of aromatic nitrogens is 1. The Bertz CT molecular complexity index is 1020. The van der Waals surface area contributed by atoms with Crippen LogP contribution < -0.4 is 0 Å². The summed E-state index contributed by atoms with van der Waals surface area (Å²) in [5.41, 5.74) is 2.72. The van der Waals surface area contributed by atoms with Crippen LogP contribution in [0.15, 0.2) is 24.3 Å². The van der Waals surface area contributed by atoms with Crippen LogP contribution in [-0.2, 0) is 11.3 Å². The average Bonchev–Trinajstić information content (AvgIpc) is 3.08. The molecule has 33 heavy (non-hydrogen) atoms. The summed E-state index contributed by atoms with van der Waals surface area (Å²) in [6.45, 7) is 6.58. The lowest BCUT2D eigenvalue weighted by Crippen LogP contribution is -2.40. The van der Waals surface area contributed by atoms with Crippen molar-refractivity contribution in [3.8, 4) is 0 Å². The number of halogens is 1. The molecular weight excluding hydrogens is 440 g/mol. The Balaban J connectivity index is 1.92. The van der Waals surface area contributed by atoms with Gasteiger partial charge in [0.1, 0.15) is 5.69 Å². The molecule has 178 valence electrons. The summed E-state index contributed by atoms with van der Waals surface area (Å²) in [7, 11) is 1.34. The Hall–Kier alpha value is -2.60. The molecule has 0 unspecified atom stereocenters. The lowest BCUT2D eigenvalue weighted by atomic mass is 9.88. The van der Waals surface area contributed by atoms with Gasteiger partial charge in [-0.25, -0.2) is 4.79 Å². The number of benzene rings is 1. The third-order valence-corrected chi connectivity index (χ3v) is 6.91. The first-order valence-electron chi connectivity index (χ1n) is 11.6. The molecule has 1 aromatic heterocycles. The average molecular weight is 473 g/mol. The third-order valence-electron chi connectivity index (χ3n) is 6.66. The molecule has 1 saturated carbocycles. The van der Waals surface area contributed by atoms with Crippen LogP contribution in [-0.4, -0.2) is 47.3 Å². The molecular formula is C26H33ClN2O4. The van der Waals surface area contributed by atoms with Crippen molar-refractivity contribution in [2.45, 2.75) is 59.4 Å². The SMILES string of the molecule is CCn1c(C)c(C(=O)CN(CC2CCCCC2)C(=O)c2ccc(Cl)cc2)c(C)c1C(=O)OC.